The molecule has 0 spiro atoms. The Kier molecular flexibility index (Phi) is 17.0. The van der Waals surface area contributed by atoms with E-state index in [9.17, 15) is 24.0 Å². The monoisotopic (exact) mass is 698 g/mol. The van der Waals surface area contributed by atoms with Crippen LogP contribution in [0.3, 0.4) is 0 Å². The number of allylic oxidation sites excluding steroid dienone is 4. The van der Waals surface area contributed by atoms with Gasteiger partial charge in [-0.25, -0.2) is 4.79 Å². The fourth-order valence-electron chi connectivity index (χ4n) is 5.87. The lowest BCUT2D eigenvalue weighted by Gasteiger charge is -2.32. The number of carbonyl (C=O) groups is 5. The van der Waals surface area contributed by atoms with Crippen LogP contribution in [-0.4, -0.2) is 100 Å². The van der Waals surface area contributed by atoms with E-state index in [1.165, 1.54) is 20.3 Å². The van der Waals surface area contributed by atoms with E-state index >= 15 is 0 Å². The fraction of sp³-hybridized carbons (Fsp3) is 0.541. The molecule has 0 saturated heterocycles. The molecule has 1 heterocycles. The van der Waals surface area contributed by atoms with Gasteiger partial charge in [-0.15, -0.1) is 6.58 Å². The number of methoxy groups -OCH3 is 2. The predicted octanol–water partition coefficient (Wildman–Crippen LogP) is 3.43. The van der Waals surface area contributed by atoms with Gasteiger partial charge in [0.15, 0.2) is 6.10 Å². The van der Waals surface area contributed by atoms with E-state index in [2.05, 4.69) is 17.2 Å². The second-order valence-corrected chi connectivity index (χ2v) is 13.0. The number of ketones is 2. The molecule has 0 aromatic rings. The van der Waals surface area contributed by atoms with Crippen LogP contribution in [0, 0.1) is 11.8 Å². The minimum absolute atomic E-state index is 0.136. The number of nitrogens with zero attached hydrogens (tertiary/aromatic N) is 1. The molecule has 13 heteroatoms. The highest BCUT2D eigenvalue weighted by Gasteiger charge is 2.35. The highest BCUT2D eigenvalue weighted by Crippen LogP contribution is 2.30. The van der Waals surface area contributed by atoms with E-state index in [0.717, 1.165) is 6.08 Å². The summed E-state index contributed by atoms with van der Waals surface area (Å²) in [4.78, 5) is 67.4. The van der Waals surface area contributed by atoms with Gasteiger partial charge >= 0.3 is 12.1 Å². The molecule has 0 aromatic heterocycles. The Balaban J connectivity index is 2.71. The largest absolute Gasteiger partial charge is 0.459 e. The van der Waals surface area contributed by atoms with E-state index in [0.29, 0.717) is 25.0 Å². The first kappa shape index (κ1) is 41.8. The summed E-state index contributed by atoms with van der Waals surface area (Å²) in [5, 5.41) is 5.58. The maximum Gasteiger partial charge on any atom is 0.405 e. The molecule has 2 amide bonds. The van der Waals surface area contributed by atoms with Gasteiger partial charge < -0.3 is 40.2 Å². The summed E-state index contributed by atoms with van der Waals surface area (Å²) < 4.78 is 23.2. The molecule has 0 radical (unpaired) electrons. The van der Waals surface area contributed by atoms with Gasteiger partial charge in [0, 0.05) is 50.3 Å². The Labute approximate surface area is 295 Å². The van der Waals surface area contributed by atoms with Gasteiger partial charge in [-0.2, -0.15) is 0 Å². The molecule has 2 bridgehead atoms. The van der Waals surface area contributed by atoms with Crippen molar-refractivity contribution in [2.24, 2.45) is 17.6 Å². The summed E-state index contributed by atoms with van der Waals surface area (Å²) >= 11 is 0. The molecule has 2 rings (SSSR count). The van der Waals surface area contributed by atoms with E-state index in [1.54, 1.807) is 32.1 Å². The third-order valence-electron chi connectivity index (χ3n) is 8.44. The number of fused-ring (bicyclic) bond motifs is 2. The van der Waals surface area contributed by atoms with E-state index in [4.69, 9.17) is 24.7 Å². The molecule has 0 aromatic carbocycles. The minimum atomic E-state index is -1.02. The van der Waals surface area contributed by atoms with Crippen molar-refractivity contribution in [2.75, 3.05) is 41.4 Å². The zero-order chi connectivity index (χ0) is 37.5. The Bertz CT molecular complexity index is 1430. The van der Waals surface area contributed by atoms with Crippen LogP contribution in [0.5, 0.6) is 0 Å². The molecule has 0 saturated carbocycles. The lowest BCUT2D eigenvalue weighted by Crippen LogP contribution is -2.40. The van der Waals surface area contributed by atoms with Crippen LogP contribution in [-0.2, 0) is 38.1 Å². The molecular formula is C37H54N4O9. The van der Waals surface area contributed by atoms with Crippen molar-refractivity contribution in [2.45, 2.75) is 77.8 Å². The van der Waals surface area contributed by atoms with Gasteiger partial charge in [0.2, 0.25) is 11.6 Å². The van der Waals surface area contributed by atoms with E-state index < -0.39 is 59.9 Å². The summed E-state index contributed by atoms with van der Waals surface area (Å²) in [5.74, 6) is -2.65. The predicted molar refractivity (Wildman–Crippen MR) is 189 cm³/mol. The smallest absolute Gasteiger partial charge is 0.405 e. The summed E-state index contributed by atoms with van der Waals surface area (Å²) in [6.07, 6.45) is 6.21. The summed E-state index contributed by atoms with van der Waals surface area (Å²) in [7, 11) is 6.80. The number of esters is 1. The van der Waals surface area contributed by atoms with Crippen molar-refractivity contribution >= 4 is 29.5 Å². The van der Waals surface area contributed by atoms with Gasteiger partial charge in [0.1, 0.15) is 12.2 Å². The Morgan fingerprint density at radius 1 is 1.12 bits per heavy atom. The van der Waals surface area contributed by atoms with Crippen LogP contribution >= 0.6 is 0 Å². The molecule has 50 heavy (non-hydrogen) atoms. The van der Waals surface area contributed by atoms with Crippen molar-refractivity contribution < 1.29 is 42.9 Å². The number of carbonyl (C=O) groups excluding carboxylic acids is 5. The number of ether oxygens (including phenoxy) is 4. The zero-order valence-electron chi connectivity index (χ0n) is 30.6. The van der Waals surface area contributed by atoms with Crippen molar-refractivity contribution in [3.63, 3.8) is 0 Å². The first-order valence-electron chi connectivity index (χ1n) is 16.7. The van der Waals surface area contributed by atoms with Crippen LogP contribution in [0.15, 0.2) is 71.1 Å². The molecular weight excluding hydrogens is 644 g/mol. The molecule has 276 valence electrons. The molecule has 13 nitrogen and oxygen atoms in total. The summed E-state index contributed by atoms with van der Waals surface area (Å²) in [5.41, 5.74) is 6.46. The van der Waals surface area contributed by atoms with Gasteiger partial charge in [-0.3, -0.25) is 19.2 Å². The molecule has 2 aliphatic rings. The lowest BCUT2D eigenvalue weighted by molar-refractivity contribution is -0.160. The standard InChI is InChI=1S/C37H54N4O9/c1-10-16-39-32-26-18-22(2)19-30(48-9)35(49-31(43)15-12-17-41(6)7)25(5)20-24(4)34(50-37(38)46)29(47-8)14-11-13-23(3)36(45)40-27(33(26)44)21-28(32)42/h10-11,13-14,20-22,25,29-30,34-35,39H,1,12,15-19H2,2-9H3,(H2,38,46)(H,40,45)/b14-11-,23-13+,24-20+/t22-,25+,29+,30+,34+,35+/m1/s1. The number of nitrogens with two attached hydrogens (primary N) is 1. The quantitative estimate of drug-likeness (QED) is 0.164. The number of primary amides is 1. The van der Waals surface area contributed by atoms with Crippen molar-refractivity contribution in [1.82, 2.24) is 15.5 Å². The Morgan fingerprint density at radius 2 is 1.82 bits per heavy atom. The average Bonchev–Trinajstić information content (AvgIpc) is 3.04. The minimum Gasteiger partial charge on any atom is -0.459 e. The number of amides is 2. The van der Waals surface area contributed by atoms with E-state index in [1.807, 2.05) is 38.9 Å². The van der Waals surface area contributed by atoms with Crippen LogP contribution in [0.4, 0.5) is 4.79 Å². The number of rotatable bonds is 11. The highest BCUT2D eigenvalue weighted by molar-refractivity contribution is 6.23. The van der Waals surface area contributed by atoms with Gasteiger partial charge in [0.05, 0.1) is 17.5 Å². The highest BCUT2D eigenvalue weighted by atomic mass is 16.6. The summed E-state index contributed by atoms with van der Waals surface area (Å²) in [6.45, 7) is 11.7. The zero-order valence-corrected chi connectivity index (χ0v) is 30.6. The van der Waals surface area contributed by atoms with Gasteiger partial charge in [-0.1, -0.05) is 44.2 Å². The van der Waals surface area contributed by atoms with Crippen molar-refractivity contribution in [3.8, 4) is 0 Å². The lowest BCUT2D eigenvalue weighted by atomic mass is 9.85. The maximum absolute atomic E-state index is 13.8. The van der Waals surface area contributed by atoms with Crippen LogP contribution < -0.4 is 16.4 Å². The third kappa shape index (κ3) is 12.5. The summed E-state index contributed by atoms with van der Waals surface area (Å²) in [6, 6.07) is 0. The van der Waals surface area contributed by atoms with E-state index in [-0.39, 0.29) is 47.8 Å². The Morgan fingerprint density at radius 3 is 2.42 bits per heavy atom. The topological polar surface area (TPSA) is 176 Å². The number of hydrogen-bond acceptors (Lipinski definition) is 11. The Hall–Kier alpha value is -4.33. The van der Waals surface area contributed by atoms with Gasteiger partial charge in [0.25, 0.3) is 5.91 Å². The second kappa shape index (κ2) is 20.4. The molecule has 6 atom stereocenters. The normalized spacial score (nSPS) is 28.4. The second-order valence-electron chi connectivity index (χ2n) is 13.0. The van der Waals surface area contributed by atoms with Gasteiger partial charge in [-0.05, 0) is 65.2 Å². The van der Waals surface area contributed by atoms with Crippen molar-refractivity contribution in [3.05, 3.63) is 71.1 Å². The average molecular weight is 699 g/mol. The maximum atomic E-state index is 13.8. The molecule has 4 N–H and O–H groups in total. The van der Waals surface area contributed by atoms with Crippen LogP contribution in [0.25, 0.3) is 0 Å². The molecule has 1 aliphatic heterocycles. The molecule has 1 aliphatic carbocycles. The number of Topliss-reactive ketones (excluding diaryl/α,β-unsaturated/α-hetero) is 1. The first-order chi connectivity index (χ1) is 23.6. The van der Waals surface area contributed by atoms with Crippen molar-refractivity contribution in [1.29, 1.82) is 0 Å². The fourth-order valence-corrected chi connectivity index (χ4v) is 5.87. The first-order valence-corrected chi connectivity index (χ1v) is 16.7. The van der Waals surface area contributed by atoms with Crippen LogP contribution in [0.2, 0.25) is 0 Å². The molecule has 0 fully saturated rings. The number of nitrogens with one attached hydrogen (secondary N) is 2. The third-order valence-corrected chi connectivity index (χ3v) is 8.44. The number of hydrogen-bond donors (Lipinski definition) is 3. The SMILES string of the molecule is C=CCNC1=C2C[C@@H](C)C[C@H](OC)[C@@H](OC(=O)CCCN(C)C)[C@@H](C)/C=C(\C)[C@H](OC(N)=O)[C@@H](OC)/C=C\C=C(/C)C(=O)NC(=CC1=O)C2=O. The molecule has 0 unspecified atom stereocenters. The van der Waals surface area contributed by atoms with Crippen LogP contribution in [0.1, 0.15) is 53.4 Å².